The molecule has 0 bridgehead atoms. The molecule has 6 rings (SSSR count). The van der Waals surface area contributed by atoms with Gasteiger partial charge in [-0.2, -0.15) is 4.80 Å². The van der Waals surface area contributed by atoms with Crippen LogP contribution in [0.3, 0.4) is 0 Å². The Morgan fingerprint density at radius 2 is 1.50 bits per heavy atom. The first kappa shape index (κ1) is 19.4. The fourth-order valence-corrected chi connectivity index (χ4v) is 4.58. The maximum absolute atomic E-state index is 6.36. The molecule has 6 aromatic rings. The summed E-state index contributed by atoms with van der Waals surface area (Å²) in [6.07, 6.45) is 0.742. The van der Waals surface area contributed by atoms with Gasteiger partial charge in [0, 0.05) is 49.0 Å². The highest BCUT2D eigenvalue weighted by Gasteiger charge is 2.18. The largest absolute Gasteiger partial charge is 0.489 e. The van der Waals surface area contributed by atoms with Gasteiger partial charge >= 0.3 is 0 Å². The third-order valence-corrected chi connectivity index (χ3v) is 6.12. The van der Waals surface area contributed by atoms with E-state index in [1.165, 1.54) is 0 Å². The lowest BCUT2D eigenvalue weighted by molar-refractivity contribution is 0.298. The van der Waals surface area contributed by atoms with E-state index in [1.54, 1.807) is 4.80 Å². The molecule has 0 radical (unpaired) electrons. The lowest BCUT2D eigenvalue weighted by atomic mass is 10.1. The van der Waals surface area contributed by atoms with Crippen molar-refractivity contribution in [1.29, 1.82) is 0 Å². The molecule has 3 heterocycles. The number of tetrazole rings is 1. The van der Waals surface area contributed by atoms with E-state index in [9.17, 15) is 0 Å². The second-order valence-corrected chi connectivity index (χ2v) is 8.69. The van der Waals surface area contributed by atoms with Crippen LogP contribution in [0.15, 0.2) is 42.5 Å². The molecule has 0 aliphatic rings. The summed E-state index contributed by atoms with van der Waals surface area (Å²) in [5.74, 6) is 1.44. The molecule has 0 saturated heterocycles. The second-order valence-electron chi connectivity index (χ2n) is 7.82. The van der Waals surface area contributed by atoms with E-state index in [2.05, 4.69) is 31.4 Å². The fourth-order valence-electron chi connectivity index (χ4n) is 4.24. The van der Waals surface area contributed by atoms with Gasteiger partial charge in [0.25, 0.3) is 0 Å². The molecule has 160 valence electrons. The Morgan fingerprint density at radius 1 is 0.875 bits per heavy atom. The van der Waals surface area contributed by atoms with E-state index in [4.69, 9.17) is 27.9 Å². The zero-order valence-corrected chi connectivity index (χ0v) is 18.6. The van der Waals surface area contributed by atoms with Crippen molar-refractivity contribution in [2.24, 2.45) is 0 Å². The minimum Gasteiger partial charge on any atom is -0.489 e. The highest BCUT2D eigenvalue weighted by atomic mass is 35.5. The number of nitrogens with zero attached hydrogens (tertiary/aromatic N) is 4. The zero-order valence-electron chi connectivity index (χ0n) is 17.1. The smallest absolute Gasteiger partial charge is 0.171 e. The van der Waals surface area contributed by atoms with E-state index in [1.807, 2.05) is 43.3 Å². The van der Waals surface area contributed by atoms with Crippen molar-refractivity contribution in [3.05, 3.63) is 58.3 Å². The number of nitrogens with one attached hydrogen (secondary N) is 2. The summed E-state index contributed by atoms with van der Waals surface area (Å²) in [6.45, 7) is 2.95. The number of aromatic nitrogens is 6. The Kier molecular flexibility index (Phi) is 4.48. The van der Waals surface area contributed by atoms with Crippen LogP contribution in [0.1, 0.15) is 12.2 Å². The summed E-state index contributed by atoms with van der Waals surface area (Å²) in [7, 11) is 0. The minimum atomic E-state index is 0.501. The lowest BCUT2D eigenvalue weighted by Gasteiger charge is -2.09. The summed E-state index contributed by atoms with van der Waals surface area (Å²) in [5.41, 5.74) is 3.88. The number of rotatable bonds is 5. The average Bonchev–Trinajstić information content (AvgIpc) is 3.46. The van der Waals surface area contributed by atoms with Crippen LogP contribution < -0.4 is 4.74 Å². The molecule has 7 nitrogen and oxygen atoms in total. The maximum atomic E-state index is 6.36. The van der Waals surface area contributed by atoms with Gasteiger partial charge in [-0.3, -0.25) is 0 Å². The number of aryl methyl sites for hydroxylation is 2. The number of fused-ring (bicyclic) bond motifs is 6. The predicted molar refractivity (Wildman–Crippen MR) is 128 cm³/mol. The van der Waals surface area contributed by atoms with Gasteiger partial charge < -0.3 is 14.7 Å². The number of benzene rings is 3. The quantitative estimate of drug-likeness (QED) is 0.305. The molecule has 3 aromatic carbocycles. The van der Waals surface area contributed by atoms with E-state index >= 15 is 0 Å². The first-order valence-electron chi connectivity index (χ1n) is 10.3. The summed E-state index contributed by atoms with van der Waals surface area (Å²) in [4.78, 5) is 8.62. The Hall–Kier alpha value is -3.29. The second kappa shape index (κ2) is 7.39. The first-order chi connectivity index (χ1) is 15.6. The SMILES string of the molecule is Cc1nnn(CCCOc2c3[nH]c4ccc(Cl)cc4c3cc3c2[nH]c2ccc(Cl)cc23)n1. The van der Waals surface area contributed by atoms with Crippen LogP contribution in [-0.2, 0) is 6.54 Å². The van der Waals surface area contributed by atoms with Gasteiger partial charge in [0.2, 0.25) is 0 Å². The van der Waals surface area contributed by atoms with Gasteiger partial charge in [0.1, 0.15) is 0 Å². The minimum absolute atomic E-state index is 0.501. The summed E-state index contributed by atoms with van der Waals surface area (Å²) < 4.78 is 6.36. The van der Waals surface area contributed by atoms with Gasteiger partial charge in [-0.15, -0.1) is 10.2 Å². The highest BCUT2D eigenvalue weighted by molar-refractivity contribution is 6.33. The topological polar surface area (TPSA) is 84.4 Å². The van der Waals surface area contributed by atoms with E-state index < -0.39 is 0 Å². The molecule has 0 unspecified atom stereocenters. The molecular weight excluding hydrogens is 447 g/mol. The molecule has 0 aliphatic heterocycles. The van der Waals surface area contributed by atoms with Crippen LogP contribution in [-0.4, -0.2) is 36.8 Å². The molecule has 0 saturated carbocycles. The van der Waals surface area contributed by atoms with E-state index in [-0.39, 0.29) is 0 Å². The Morgan fingerprint density at radius 3 is 2.06 bits per heavy atom. The van der Waals surface area contributed by atoms with Gasteiger partial charge in [-0.05, 0) is 54.6 Å². The molecule has 32 heavy (non-hydrogen) atoms. The van der Waals surface area contributed by atoms with Crippen LogP contribution in [0.2, 0.25) is 10.0 Å². The van der Waals surface area contributed by atoms with E-state index in [0.29, 0.717) is 29.0 Å². The van der Waals surface area contributed by atoms with Crippen molar-refractivity contribution in [1.82, 2.24) is 30.2 Å². The molecule has 0 amide bonds. The Bertz CT molecular complexity index is 1540. The highest BCUT2D eigenvalue weighted by Crippen LogP contribution is 2.41. The van der Waals surface area contributed by atoms with Crippen molar-refractivity contribution in [2.75, 3.05) is 6.61 Å². The third-order valence-electron chi connectivity index (χ3n) is 5.65. The maximum Gasteiger partial charge on any atom is 0.171 e. The molecule has 0 fully saturated rings. The molecule has 9 heteroatoms. The fraction of sp³-hybridized carbons (Fsp3) is 0.174. The van der Waals surface area contributed by atoms with Crippen LogP contribution in [0.25, 0.3) is 43.6 Å². The molecular formula is C23H18Cl2N6O. The Labute approximate surface area is 192 Å². The lowest BCUT2D eigenvalue weighted by Crippen LogP contribution is -2.08. The normalized spacial score (nSPS) is 12.0. The van der Waals surface area contributed by atoms with Crippen LogP contribution >= 0.6 is 23.2 Å². The molecule has 0 aliphatic carbocycles. The van der Waals surface area contributed by atoms with Crippen molar-refractivity contribution >= 4 is 66.8 Å². The van der Waals surface area contributed by atoms with Crippen LogP contribution in [0, 0.1) is 6.92 Å². The molecule has 0 spiro atoms. The molecule has 0 atom stereocenters. The van der Waals surface area contributed by atoms with Crippen molar-refractivity contribution < 1.29 is 4.74 Å². The molecule has 3 aromatic heterocycles. The summed E-state index contributed by atoms with van der Waals surface area (Å²) in [6, 6.07) is 13.9. The zero-order chi connectivity index (χ0) is 21.8. The van der Waals surface area contributed by atoms with Gasteiger partial charge in [-0.25, -0.2) is 0 Å². The number of H-pyrrole nitrogens is 2. The van der Waals surface area contributed by atoms with Crippen molar-refractivity contribution in [2.45, 2.75) is 19.9 Å². The number of halogens is 2. The predicted octanol–water partition coefficient (Wildman–Crippen LogP) is 6.03. The van der Waals surface area contributed by atoms with Crippen molar-refractivity contribution in [3.63, 3.8) is 0 Å². The Balaban J connectivity index is 1.49. The average molecular weight is 465 g/mol. The summed E-state index contributed by atoms with van der Waals surface area (Å²) >= 11 is 12.6. The summed E-state index contributed by atoms with van der Waals surface area (Å²) in [5, 5.41) is 17.8. The van der Waals surface area contributed by atoms with Gasteiger partial charge in [-0.1, -0.05) is 23.2 Å². The number of aromatic amines is 2. The van der Waals surface area contributed by atoms with Crippen molar-refractivity contribution in [3.8, 4) is 5.75 Å². The van der Waals surface area contributed by atoms with Crippen LogP contribution in [0.5, 0.6) is 5.75 Å². The number of hydrogen-bond acceptors (Lipinski definition) is 4. The number of ether oxygens (including phenoxy) is 1. The monoisotopic (exact) mass is 464 g/mol. The van der Waals surface area contributed by atoms with Gasteiger partial charge in [0.15, 0.2) is 11.6 Å². The number of hydrogen-bond donors (Lipinski definition) is 2. The first-order valence-corrected chi connectivity index (χ1v) is 11.0. The molecule has 2 N–H and O–H groups in total. The van der Waals surface area contributed by atoms with Gasteiger partial charge in [0.05, 0.1) is 24.2 Å². The standard InChI is InChI=1S/C23H18Cl2N6O/c1-12-28-30-31(29-12)7-2-8-32-23-21-17(15-9-13(24)3-5-19(15)26-21)11-18-16-10-14(25)4-6-20(16)27-22(18)23/h3-6,9-11,26-27H,2,7-8H2,1H3. The van der Waals surface area contributed by atoms with Crippen LogP contribution in [0.4, 0.5) is 0 Å². The van der Waals surface area contributed by atoms with E-state index in [0.717, 1.165) is 55.8 Å². The third kappa shape index (κ3) is 3.16.